The first-order valence-electron chi connectivity index (χ1n) is 8.06. The van der Waals surface area contributed by atoms with Crippen LogP contribution in [-0.2, 0) is 0 Å². The minimum Gasteiger partial charge on any atom is -0.438 e. The Labute approximate surface area is 133 Å². The number of aromatic nitrogens is 1. The second kappa shape index (κ2) is 5.31. The fourth-order valence-electron chi connectivity index (χ4n) is 4.31. The molecule has 0 amide bonds. The highest BCUT2D eigenvalue weighted by atomic mass is 79.9. The van der Waals surface area contributed by atoms with Crippen LogP contribution >= 0.6 is 15.9 Å². The lowest BCUT2D eigenvalue weighted by Gasteiger charge is -2.38. The molecule has 2 fully saturated rings. The van der Waals surface area contributed by atoms with Gasteiger partial charge in [0, 0.05) is 10.4 Å². The molecule has 0 aliphatic heterocycles. The predicted octanol–water partition coefficient (Wildman–Crippen LogP) is 5.25. The Balaban J connectivity index is 1.63. The van der Waals surface area contributed by atoms with E-state index in [1.165, 1.54) is 44.9 Å². The van der Waals surface area contributed by atoms with Gasteiger partial charge in [0.05, 0.1) is 5.69 Å². The molecule has 2 aliphatic rings. The lowest BCUT2D eigenvalue weighted by Crippen LogP contribution is -2.26. The quantitative estimate of drug-likeness (QED) is 0.716. The molecule has 2 saturated carbocycles. The van der Waals surface area contributed by atoms with Crippen molar-refractivity contribution in [1.29, 1.82) is 0 Å². The van der Waals surface area contributed by atoms with Gasteiger partial charge in [-0.15, -0.1) is 0 Å². The molecule has 112 valence electrons. The van der Waals surface area contributed by atoms with Crippen molar-refractivity contribution in [2.24, 2.45) is 11.8 Å². The van der Waals surface area contributed by atoms with E-state index >= 15 is 0 Å². The summed E-state index contributed by atoms with van der Waals surface area (Å²) in [6, 6.07) is 3.88. The summed E-state index contributed by atoms with van der Waals surface area (Å²) >= 11 is 3.47. The molecule has 3 unspecified atom stereocenters. The second-order valence-corrected chi connectivity index (χ2v) is 7.63. The van der Waals surface area contributed by atoms with Gasteiger partial charge >= 0.3 is 0 Å². The molecular weight excluding hydrogens is 328 g/mol. The first kappa shape index (κ1) is 13.6. The molecule has 4 rings (SSSR count). The Hall–Kier alpha value is -1.03. The predicted molar refractivity (Wildman–Crippen MR) is 88.2 cm³/mol. The highest BCUT2D eigenvalue weighted by Gasteiger charge is 2.34. The van der Waals surface area contributed by atoms with E-state index in [-0.39, 0.29) is 0 Å². The van der Waals surface area contributed by atoms with E-state index in [0.29, 0.717) is 11.6 Å². The van der Waals surface area contributed by atoms with Crippen LogP contribution in [0.15, 0.2) is 21.0 Å². The van der Waals surface area contributed by atoms with E-state index in [1.807, 2.05) is 12.1 Å². The number of nitrogens with zero attached hydrogens (tertiary/aromatic N) is 1. The number of anilines is 1. The van der Waals surface area contributed by atoms with Crippen LogP contribution in [0, 0.1) is 11.8 Å². The Kier molecular flexibility index (Phi) is 3.44. The molecule has 2 aliphatic carbocycles. The average Bonchev–Trinajstić information content (AvgIpc) is 2.91. The fraction of sp³-hybridized carbons (Fsp3) is 0.588. The van der Waals surface area contributed by atoms with E-state index in [2.05, 4.69) is 15.9 Å². The van der Waals surface area contributed by atoms with Crippen LogP contribution < -0.4 is 5.73 Å². The third kappa shape index (κ3) is 2.48. The van der Waals surface area contributed by atoms with Gasteiger partial charge in [-0.1, -0.05) is 41.6 Å². The van der Waals surface area contributed by atoms with Gasteiger partial charge < -0.3 is 10.2 Å². The number of rotatable bonds is 1. The number of hydrogen-bond acceptors (Lipinski definition) is 3. The normalized spacial score (nSPS) is 29.5. The Morgan fingerprint density at radius 1 is 1.10 bits per heavy atom. The summed E-state index contributed by atoms with van der Waals surface area (Å²) in [6.07, 6.45) is 9.47. The highest BCUT2D eigenvalue weighted by Crippen LogP contribution is 2.46. The number of hydrogen-bond donors (Lipinski definition) is 1. The maximum Gasteiger partial charge on any atom is 0.198 e. The monoisotopic (exact) mass is 348 g/mol. The minimum absolute atomic E-state index is 0.481. The molecule has 1 aromatic heterocycles. The molecule has 4 heteroatoms. The van der Waals surface area contributed by atoms with Crippen LogP contribution in [0.2, 0.25) is 0 Å². The molecule has 21 heavy (non-hydrogen) atoms. The van der Waals surface area contributed by atoms with Crippen molar-refractivity contribution in [1.82, 2.24) is 4.98 Å². The van der Waals surface area contributed by atoms with Crippen LogP contribution in [0.25, 0.3) is 11.1 Å². The van der Waals surface area contributed by atoms with Crippen LogP contribution in [0.4, 0.5) is 5.69 Å². The van der Waals surface area contributed by atoms with Crippen LogP contribution in [-0.4, -0.2) is 4.98 Å². The number of fused-ring (bicyclic) bond motifs is 2. The van der Waals surface area contributed by atoms with Crippen LogP contribution in [0.5, 0.6) is 0 Å². The van der Waals surface area contributed by atoms with Crippen LogP contribution in [0.3, 0.4) is 0 Å². The lowest BCUT2D eigenvalue weighted by molar-refractivity contribution is 0.147. The topological polar surface area (TPSA) is 52.0 Å². The van der Waals surface area contributed by atoms with Crippen molar-refractivity contribution in [3.05, 3.63) is 22.5 Å². The first-order chi connectivity index (χ1) is 10.2. The van der Waals surface area contributed by atoms with Gasteiger partial charge in [0.25, 0.3) is 0 Å². The van der Waals surface area contributed by atoms with Gasteiger partial charge in [0.15, 0.2) is 11.5 Å². The van der Waals surface area contributed by atoms with Gasteiger partial charge in [0.2, 0.25) is 0 Å². The minimum atomic E-state index is 0.481. The standard InChI is InChI=1S/C17H21BrN2O/c18-13-8-14(19)16-15(9-13)20-17(21-16)12-6-5-10-3-1-2-4-11(10)7-12/h8-12H,1-7,19H2. The lowest BCUT2D eigenvalue weighted by atomic mass is 9.67. The van der Waals surface area contributed by atoms with E-state index in [0.717, 1.165) is 33.3 Å². The van der Waals surface area contributed by atoms with E-state index in [1.54, 1.807) is 0 Å². The number of halogens is 1. The van der Waals surface area contributed by atoms with E-state index in [4.69, 9.17) is 15.1 Å². The van der Waals surface area contributed by atoms with Crippen molar-refractivity contribution >= 4 is 32.7 Å². The molecule has 3 atom stereocenters. The zero-order chi connectivity index (χ0) is 14.4. The molecule has 1 heterocycles. The van der Waals surface area contributed by atoms with Crippen molar-refractivity contribution in [2.45, 2.75) is 50.9 Å². The number of oxazole rings is 1. The van der Waals surface area contributed by atoms with Gasteiger partial charge in [-0.05, 0) is 43.2 Å². The van der Waals surface area contributed by atoms with Gasteiger partial charge in [-0.3, -0.25) is 0 Å². The van der Waals surface area contributed by atoms with Crippen molar-refractivity contribution in [2.75, 3.05) is 5.73 Å². The summed E-state index contributed by atoms with van der Waals surface area (Å²) in [5.74, 6) is 3.23. The largest absolute Gasteiger partial charge is 0.438 e. The number of nitrogens with two attached hydrogens (primary N) is 1. The molecule has 0 radical (unpaired) electrons. The molecule has 0 spiro atoms. The van der Waals surface area contributed by atoms with Crippen molar-refractivity contribution in [3.8, 4) is 0 Å². The molecule has 0 saturated heterocycles. The summed E-state index contributed by atoms with van der Waals surface area (Å²) in [5, 5.41) is 0. The van der Waals surface area contributed by atoms with E-state index < -0.39 is 0 Å². The summed E-state index contributed by atoms with van der Waals surface area (Å²) in [5.41, 5.74) is 8.34. The fourth-order valence-corrected chi connectivity index (χ4v) is 4.78. The summed E-state index contributed by atoms with van der Waals surface area (Å²) < 4.78 is 6.98. The van der Waals surface area contributed by atoms with Crippen molar-refractivity contribution in [3.63, 3.8) is 0 Å². The first-order valence-corrected chi connectivity index (χ1v) is 8.85. The third-order valence-corrected chi connectivity index (χ3v) is 5.85. The zero-order valence-corrected chi connectivity index (χ0v) is 13.7. The maximum atomic E-state index is 6.04. The Bertz CT molecular complexity index is 666. The maximum absolute atomic E-state index is 6.04. The van der Waals surface area contributed by atoms with Gasteiger partial charge in [0.1, 0.15) is 5.52 Å². The van der Waals surface area contributed by atoms with Gasteiger partial charge in [-0.2, -0.15) is 0 Å². The molecule has 2 N–H and O–H groups in total. The summed E-state index contributed by atoms with van der Waals surface area (Å²) in [4.78, 5) is 4.72. The van der Waals surface area contributed by atoms with E-state index in [9.17, 15) is 0 Å². The highest BCUT2D eigenvalue weighted by molar-refractivity contribution is 9.10. The smallest absolute Gasteiger partial charge is 0.198 e. The summed E-state index contributed by atoms with van der Waals surface area (Å²) in [7, 11) is 0. The molecule has 2 aromatic rings. The SMILES string of the molecule is Nc1cc(Br)cc2nc(C3CCC4CCCCC4C3)oc12. The molecule has 3 nitrogen and oxygen atoms in total. The Morgan fingerprint density at radius 3 is 2.76 bits per heavy atom. The van der Waals surface area contributed by atoms with Crippen LogP contribution in [0.1, 0.15) is 56.8 Å². The number of nitrogen functional groups attached to an aromatic ring is 1. The van der Waals surface area contributed by atoms with Crippen molar-refractivity contribution < 1.29 is 4.42 Å². The third-order valence-electron chi connectivity index (χ3n) is 5.39. The molecular formula is C17H21BrN2O. The zero-order valence-electron chi connectivity index (χ0n) is 12.1. The average molecular weight is 349 g/mol. The van der Waals surface area contributed by atoms with Gasteiger partial charge in [-0.25, -0.2) is 4.98 Å². The summed E-state index contributed by atoms with van der Waals surface area (Å²) in [6.45, 7) is 0. The number of benzene rings is 1. The molecule has 1 aromatic carbocycles. The molecule has 0 bridgehead atoms. The Morgan fingerprint density at radius 2 is 1.90 bits per heavy atom. The second-order valence-electron chi connectivity index (χ2n) is 6.71.